The van der Waals surface area contributed by atoms with Crippen LogP contribution in [0, 0.1) is 11.3 Å². The minimum atomic E-state index is -1.06. The number of benzene rings is 1. The molecule has 1 amide bonds. The van der Waals surface area contributed by atoms with Crippen molar-refractivity contribution in [2.45, 2.75) is 6.54 Å². The monoisotopic (exact) mass is 322 g/mol. The van der Waals surface area contributed by atoms with Gasteiger partial charge in [0.05, 0.1) is 5.56 Å². The van der Waals surface area contributed by atoms with E-state index in [0.29, 0.717) is 5.69 Å². The van der Waals surface area contributed by atoms with Crippen molar-refractivity contribution in [2.24, 2.45) is 0 Å². The van der Waals surface area contributed by atoms with E-state index in [2.05, 4.69) is 15.6 Å². The lowest BCUT2D eigenvalue weighted by molar-refractivity contribution is -0.117. The highest BCUT2D eigenvalue weighted by atomic mass is 16.4. The summed E-state index contributed by atoms with van der Waals surface area (Å²) >= 11 is 0. The first-order valence-electron chi connectivity index (χ1n) is 6.97. The van der Waals surface area contributed by atoms with E-state index in [1.807, 2.05) is 0 Å². The van der Waals surface area contributed by atoms with Crippen molar-refractivity contribution in [2.75, 3.05) is 5.32 Å². The predicted molar refractivity (Wildman–Crippen MR) is 86.8 cm³/mol. The van der Waals surface area contributed by atoms with Gasteiger partial charge in [0.1, 0.15) is 11.6 Å². The first-order valence-corrected chi connectivity index (χ1v) is 6.97. The third-order valence-corrected chi connectivity index (χ3v) is 3.03. The van der Waals surface area contributed by atoms with Crippen LogP contribution in [0.5, 0.6) is 0 Å². The highest BCUT2D eigenvalue weighted by Crippen LogP contribution is 2.11. The van der Waals surface area contributed by atoms with Crippen molar-refractivity contribution < 1.29 is 14.7 Å². The fourth-order valence-electron chi connectivity index (χ4n) is 1.83. The van der Waals surface area contributed by atoms with E-state index in [-0.39, 0.29) is 17.7 Å². The van der Waals surface area contributed by atoms with Crippen LogP contribution in [0.3, 0.4) is 0 Å². The average molecular weight is 322 g/mol. The largest absolute Gasteiger partial charge is 0.478 e. The van der Waals surface area contributed by atoms with Crippen molar-refractivity contribution in [3.63, 3.8) is 0 Å². The number of nitrogens with zero attached hydrogens (tertiary/aromatic N) is 2. The first-order chi connectivity index (χ1) is 11.6. The second-order valence-electron chi connectivity index (χ2n) is 4.74. The molecule has 0 aliphatic heterocycles. The molecular weight excluding hydrogens is 308 g/mol. The molecule has 1 heterocycles. The minimum absolute atomic E-state index is 0.105. The summed E-state index contributed by atoms with van der Waals surface area (Å²) < 4.78 is 0. The number of pyridine rings is 1. The molecule has 2 rings (SSSR count). The van der Waals surface area contributed by atoms with Gasteiger partial charge in [-0.2, -0.15) is 5.26 Å². The highest BCUT2D eigenvalue weighted by molar-refractivity contribution is 5.97. The van der Waals surface area contributed by atoms with Gasteiger partial charge >= 0.3 is 5.97 Å². The Bertz CT molecular complexity index is 810. The van der Waals surface area contributed by atoms with Gasteiger partial charge in [0.2, 0.25) is 0 Å². The smallest absolute Gasteiger partial charge is 0.335 e. The van der Waals surface area contributed by atoms with E-state index in [4.69, 9.17) is 10.4 Å². The number of aromatic carboxylic acids is 1. The van der Waals surface area contributed by atoms with Gasteiger partial charge in [-0.3, -0.25) is 9.78 Å². The average Bonchev–Trinajstić information content (AvgIpc) is 2.61. The maximum Gasteiger partial charge on any atom is 0.335 e. The van der Waals surface area contributed by atoms with Gasteiger partial charge in [0.15, 0.2) is 0 Å². The van der Waals surface area contributed by atoms with Gasteiger partial charge in [0.25, 0.3) is 5.91 Å². The summed E-state index contributed by atoms with van der Waals surface area (Å²) in [5.41, 5.74) is 1.25. The van der Waals surface area contributed by atoms with Crippen molar-refractivity contribution in [3.05, 3.63) is 71.7 Å². The molecular formula is C17H14N4O3. The molecule has 1 aromatic carbocycles. The Morgan fingerprint density at radius 2 is 2.12 bits per heavy atom. The van der Waals surface area contributed by atoms with Gasteiger partial charge < -0.3 is 15.7 Å². The predicted octanol–water partition coefficient (Wildman–Crippen LogP) is 1.92. The summed E-state index contributed by atoms with van der Waals surface area (Å²) in [6, 6.07) is 11.4. The van der Waals surface area contributed by atoms with Crippen LogP contribution >= 0.6 is 0 Å². The van der Waals surface area contributed by atoms with E-state index < -0.39 is 11.9 Å². The summed E-state index contributed by atoms with van der Waals surface area (Å²) in [5.74, 6) is -1.60. The van der Waals surface area contributed by atoms with E-state index in [1.165, 1.54) is 18.3 Å². The number of carboxylic acids is 1. The molecule has 7 heteroatoms. The van der Waals surface area contributed by atoms with Gasteiger partial charge in [-0.15, -0.1) is 0 Å². The van der Waals surface area contributed by atoms with Gasteiger partial charge in [-0.05, 0) is 29.8 Å². The molecule has 0 aliphatic rings. The van der Waals surface area contributed by atoms with Crippen LogP contribution in [0.25, 0.3) is 0 Å². The molecule has 1 aromatic heterocycles. The summed E-state index contributed by atoms with van der Waals surface area (Å²) in [7, 11) is 0. The van der Waals surface area contributed by atoms with Crippen molar-refractivity contribution in [1.82, 2.24) is 10.3 Å². The number of carbonyl (C=O) groups excluding carboxylic acids is 1. The highest BCUT2D eigenvalue weighted by Gasteiger charge is 2.09. The number of nitrogens with one attached hydrogen (secondary N) is 2. The normalized spacial score (nSPS) is 10.5. The second-order valence-corrected chi connectivity index (χ2v) is 4.74. The number of aromatic nitrogens is 1. The van der Waals surface area contributed by atoms with Crippen LogP contribution in [-0.2, 0) is 11.3 Å². The van der Waals surface area contributed by atoms with Gasteiger partial charge in [-0.1, -0.05) is 12.1 Å². The zero-order valence-corrected chi connectivity index (χ0v) is 12.6. The molecule has 3 N–H and O–H groups in total. The Balaban J connectivity index is 2.01. The van der Waals surface area contributed by atoms with Crippen LogP contribution in [0.1, 0.15) is 15.9 Å². The number of carboxylic acid groups (broad SMARTS) is 1. The molecule has 0 radical (unpaired) electrons. The molecule has 0 saturated carbocycles. The Kier molecular flexibility index (Phi) is 5.64. The number of carbonyl (C=O) groups is 2. The molecule has 0 atom stereocenters. The molecule has 7 nitrogen and oxygen atoms in total. The van der Waals surface area contributed by atoms with Crippen LogP contribution in [0.2, 0.25) is 0 Å². The molecule has 0 bridgehead atoms. The Morgan fingerprint density at radius 3 is 2.79 bits per heavy atom. The standard InChI is InChI=1S/C17H14N4O3/c18-8-14(16(22)21-10-12-3-2-6-19-9-12)11-20-15-5-1-4-13(7-15)17(23)24/h1-7,9,11,20H,10H2,(H,21,22)(H,23,24)/b14-11-. The molecule has 0 unspecified atom stereocenters. The molecule has 0 saturated heterocycles. The lowest BCUT2D eigenvalue weighted by Gasteiger charge is -2.05. The molecule has 2 aromatic rings. The van der Waals surface area contributed by atoms with E-state index in [1.54, 1.807) is 42.7 Å². The van der Waals surface area contributed by atoms with Gasteiger partial charge in [-0.25, -0.2) is 4.79 Å². The fourth-order valence-corrected chi connectivity index (χ4v) is 1.83. The minimum Gasteiger partial charge on any atom is -0.478 e. The summed E-state index contributed by atoms with van der Waals surface area (Å²) in [5, 5.41) is 23.4. The number of hydrogen-bond donors (Lipinski definition) is 3. The molecule has 0 fully saturated rings. The van der Waals surface area contributed by atoms with E-state index >= 15 is 0 Å². The molecule has 0 spiro atoms. The Hall–Kier alpha value is -3.66. The lowest BCUT2D eigenvalue weighted by atomic mass is 10.2. The van der Waals surface area contributed by atoms with Crippen LogP contribution in [0.4, 0.5) is 5.69 Å². The van der Waals surface area contributed by atoms with Crippen molar-refractivity contribution in [1.29, 1.82) is 5.26 Å². The Labute approximate surface area is 138 Å². The lowest BCUT2D eigenvalue weighted by Crippen LogP contribution is -2.24. The van der Waals surface area contributed by atoms with Crippen LogP contribution < -0.4 is 10.6 Å². The number of nitriles is 1. The first kappa shape index (κ1) is 16.7. The zero-order valence-electron chi connectivity index (χ0n) is 12.6. The summed E-state index contributed by atoms with van der Waals surface area (Å²) in [6.07, 6.45) is 4.48. The number of rotatable bonds is 6. The molecule has 0 aliphatic carbocycles. The topological polar surface area (TPSA) is 115 Å². The number of hydrogen-bond acceptors (Lipinski definition) is 5. The number of amides is 1. The maximum absolute atomic E-state index is 12.0. The quantitative estimate of drug-likeness (QED) is 0.553. The maximum atomic E-state index is 12.0. The van der Waals surface area contributed by atoms with Crippen LogP contribution in [-0.4, -0.2) is 22.0 Å². The molecule has 24 heavy (non-hydrogen) atoms. The number of anilines is 1. The van der Waals surface area contributed by atoms with Crippen molar-refractivity contribution >= 4 is 17.6 Å². The van der Waals surface area contributed by atoms with E-state index in [9.17, 15) is 9.59 Å². The summed E-state index contributed by atoms with van der Waals surface area (Å²) in [4.78, 5) is 26.8. The van der Waals surface area contributed by atoms with Crippen molar-refractivity contribution in [3.8, 4) is 6.07 Å². The molecule has 120 valence electrons. The second kappa shape index (κ2) is 8.10. The zero-order chi connectivity index (χ0) is 17.4. The van der Waals surface area contributed by atoms with Crippen LogP contribution in [0.15, 0.2) is 60.6 Å². The van der Waals surface area contributed by atoms with E-state index in [0.717, 1.165) is 5.56 Å². The van der Waals surface area contributed by atoms with Gasteiger partial charge in [0, 0.05) is 30.8 Å². The summed E-state index contributed by atoms with van der Waals surface area (Å²) in [6.45, 7) is 0.250. The third kappa shape index (κ3) is 4.68. The SMILES string of the molecule is N#C/C(=C/Nc1cccc(C(=O)O)c1)C(=O)NCc1cccnc1. The fraction of sp³-hybridized carbons (Fsp3) is 0.0588. The third-order valence-electron chi connectivity index (χ3n) is 3.03. The Morgan fingerprint density at radius 1 is 1.29 bits per heavy atom.